The molecule has 1 aliphatic heterocycles. The normalized spacial score (nSPS) is 13.8. The number of rotatable bonds is 4. The summed E-state index contributed by atoms with van der Waals surface area (Å²) >= 11 is 0. The second-order valence-corrected chi connectivity index (χ2v) is 6.32. The fourth-order valence-corrected chi connectivity index (χ4v) is 3.01. The van der Waals surface area contributed by atoms with Crippen molar-refractivity contribution in [2.45, 2.75) is 19.8 Å². The second kappa shape index (κ2) is 6.93. The number of hydrogen-bond donors (Lipinski definition) is 1. The van der Waals surface area contributed by atoms with Crippen LogP contribution in [0.1, 0.15) is 51.0 Å². The molecule has 3 rings (SSSR count). The zero-order valence-electron chi connectivity index (χ0n) is 14.4. The Morgan fingerprint density at radius 3 is 2.40 bits per heavy atom. The molecule has 0 aliphatic carbocycles. The number of ketones is 1. The standard InChI is InChI=1S/C19H21N3O3/c1-13(23)15-11-17(21(2)12-15)18(24)20-16-7-5-6-14(10-16)19(25)22-8-3-4-9-22/h5-7,10-12H,3-4,8-9H2,1-2H3,(H,20,24). The summed E-state index contributed by atoms with van der Waals surface area (Å²) in [6, 6.07) is 8.51. The number of Topliss-reactive ketones (excluding diaryl/α,β-unsaturated/α-hetero) is 1. The molecule has 6 nitrogen and oxygen atoms in total. The Labute approximate surface area is 146 Å². The lowest BCUT2D eigenvalue weighted by atomic mass is 10.1. The van der Waals surface area contributed by atoms with Crippen molar-refractivity contribution in [2.24, 2.45) is 7.05 Å². The van der Waals surface area contributed by atoms with Crippen LogP contribution in [0.15, 0.2) is 36.5 Å². The number of nitrogens with zero attached hydrogens (tertiary/aromatic N) is 2. The largest absolute Gasteiger partial charge is 0.346 e. The molecule has 130 valence electrons. The Balaban J connectivity index is 1.76. The van der Waals surface area contributed by atoms with Gasteiger partial charge in [-0.2, -0.15) is 0 Å². The molecule has 1 N–H and O–H groups in total. The summed E-state index contributed by atoms with van der Waals surface area (Å²) in [4.78, 5) is 38.2. The fourth-order valence-electron chi connectivity index (χ4n) is 3.01. The van der Waals surface area contributed by atoms with Gasteiger partial charge >= 0.3 is 0 Å². The first kappa shape index (κ1) is 17.0. The van der Waals surface area contributed by atoms with Gasteiger partial charge in [0.1, 0.15) is 5.69 Å². The monoisotopic (exact) mass is 339 g/mol. The molecular weight excluding hydrogens is 318 g/mol. The quantitative estimate of drug-likeness (QED) is 0.871. The summed E-state index contributed by atoms with van der Waals surface area (Å²) in [7, 11) is 1.72. The Hall–Kier alpha value is -2.89. The van der Waals surface area contributed by atoms with E-state index < -0.39 is 0 Å². The minimum Gasteiger partial charge on any atom is -0.346 e. The van der Waals surface area contributed by atoms with Crippen molar-refractivity contribution < 1.29 is 14.4 Å². The van der Waals surface area contributed by atoms with E-state index in [1.54, 1.807) is 48.1 Å². The summed E-state index contributed by atoms with van der Waals surface area (Å²) in [5.41, 5.74) is 2.00. The summed E-state index contributed by atoms with van der Waals surface area (Å²) in [5.74, 6) is -0.417. The van der Waals surface area contributed by atoms with Crippen molar-refractivity contribution in [2.75, 3.05) is 18.4 Å². The maximum atomic E-state index is 12.5. The molecule has 1 aromatic carbocycles. The van der Waals surface area contributed by atoms with Crippen molar-refractivity contribution in [3.63, 3.8) is 0 Å². The number of hydrogen-bond acceptors (Lipinski definition) is 3. The van der Waals surface area contributed by atoms with Crippen molar-refractivity contribution in [3.8, 4) is 0 Å². The van der Waals surface area contributed by atoms with Crippen LogP contribution in [0, 0.1) is 0 Å². The molecule has 0 radical (unpaired) electrons. The molecule has 0 bridgehead atoms. The summed E-state index contributed by atoms with van der Waals surface area (Å²) in [6.45, 7) is 3.03. The minimum atomic E-state index is -0.319. The molecule has 2 heterocycles. The molecular formula is C19H21N3O3. The molecule has 6 heteroatoms. The predicted octanol–water partition coefficient (Wildman–Crippen LogP) is 2.72. The lowest BCUT2D eigenvalue weighted by molar-refractivity contribution is 0.0792. The van der Waals surface area contributed by atoms with Gasteiger partial charge in [0.15, 0.2) is 5.78 Å². The zero-order chi connectivity index (χ0) is 18.0. The number of aryl methyl sites for hydroxylation is 1. The highest BCUT2D eigenvalue weighted by molar-refractivity contribution is 6.06. The number of anilines is 1. The van der Waals surface area contributed by atoms with Gasteiger partial charge in [0.25, 0.3) is 11.8 Å². The number of aromatic nitrogens is 1. The van der Waals surface area contributed by atoms with Gasteiger partial charge < -0.3 is 14.8 Å². The molecule has 0 unspecified atom stereocenters. The number of carbonyl (C=O) groups is 3. The van der Waals surface area contributed by atoms with Gasteiger partial charge in [0.2, 0.25) is 0 Å². The molecule has 1 aliphatic rings. The molecule has 1 aromatic heterocycles. The SMILES string of the molecule is CC(=O)c1cc(C(=O)Nc2cccc(C(=O)N3CCCC3)c2)n(C)c1. The second-order valence-electron chi connectivity index (χ2n) is 6.32. The van der Waals surface area contributed by atoms with E-state index in [0.29, 0.717) is 22.5 Å². The Bertz CT molecular complexity index is 832. The van der Waals surface area contributed by atoms with Gasteiger partial charge in [0.05, 0.1) is 0 Å². The van der Waals surface area contributed by atoms with Crippen LogP contribution in [0.5, 0.6) is 0 Å². The molecule has 2 amide bonds. The average Bonchev–Trinajstić information content (AvgIpc) is 3.24. The topological polar surface area (TPSA) is 71.4 Å². The van der Waals surface area contributed by atoms with Gasteiger partial charge in [-0.3, -0.25) is 14.4 Å². The third kappa shape index (κ3) is 3.63. The Morgan fingerprint density at radius 1 is 1.04 bits per heavy atom. The molecule has 2 aromatic rings. The summed E-state index contributed by atoms with van der Waals surface area (Å²) in [5, 5.41) is 2.80. The van der Waals surface area contributed by atoms with Crippen LogP contribution in [0.2, 0.25) is 0 Å². The maximum absolute atomic E-state index is 12.5. The number of nitrogens with one attached hydrogen (secondary N) is 1. The molecule has 0 atom stereocenters. The van der Waals surface area contributed by atoms with Gasteiger partial charge in [-0.15, -0.1) is 0 Å². The predicted molar refractivity (Wildman–Crippen MR) is 95.0 cm³/mol. The Kier molecular flexibility index (Phi) is 4.70. The first-order valence-corrected chi connectivity index (χ1v) is 8.33. The molecule has 1 fully saturated rings. The van der Waals surface area contributed by atoms with Crippen LogP contribution in [0.3, 0.4) is 0 Å². The van der Waals surface area contributed by atoms with Gasteiger partial charge in [-0.1, -0.05) is 6.07 Å². The first-order valence-electron chi connectivity index (χ1n) is 8.33. The van der Waals surface area contributed by atoms with E-state index in [1.165, 1.54) is 6.92 Å². The van der Waals surface area contributed by atoms with E-state index in [1.807, 2.05) is 4.90 Å². The number of amides is 2. The van der Waals surface area contributed by atoms with Crippen molar-refractivity contribution >= 4 is 23.3 Å². The summed E-state index contributed by atoms with van der Waals surface area (Å²) < 4.78 is 1.62. The highest BCUT2D eigenvalue weighted by Gasteiger charge is 2.20. The molecule has 25 heavy (non-hydrogen) atoms. The van der Waals surface area contributed by atoms with E-state index in [4.69, 9.17) is 0 Å². The van der Waals surface area contributed by atoms with Crippen LogP contribution in [0.4, 0.5) is 5.69 Å². The van der Waals surface area contributed by atoms with E-state index in [2.05, 4.69) is 5.32 Å². The van der Waals surface area contributed by atoms with E-state index in [-0.39, 0.29) is 17.6 Å². The third-order valence-electron chi connectivity index (χ3n) is 4.40. The minimum absolute atomic E-state index is 0.00803. The molecule has 0 saturated carbocycles. The lowest BCUT2D eigenvalue weighted by Gasteiger charge is -2.15. The maximum Gasteiger partial charge on any atom is 0.272 e. The van der Waals surface area contributed by atoms with Crippen LogP contribution >= 0.6 is 0 Å². The lowest BCUT2D eigenvalue weighted by Crippen LogP contribution is -2.27. The van der Waals surface area contributed by atoms with Gasteiger partial charge in [0, 0.05) is 43.1 Å². The van der Waals surface area contributed by atoms with E-state index in [0.717, 1.165) is 25.9 Å². The highest BCUT2D eigenvalue weighted by atomic mass is 16.2. The van der Waals surface area contributed by atoms with Gasteiger partial charge in [-0.25, -0.2) is 0 Å². The molecule has 1 saturated heterocycles. The van der Waals surface area contributed by atoms with Crippen LogP contribution in [-0.4, -0.2) is 40.2 Å². The van der Waals surface area contributed by atoms with Crippen LogP contribution < -0.4 is 5.32 Å². The zero-order valence-corrected chi connectivity index (χ0v) is 14.4. The van der Waals surface area contributed by atoms with Crippen molar-refractivity contribution in [1.82, 2.24) is 9.47 Å². The third-order valence-corrected chi connectivity index (χ3v) is 4.40. The summed E-state index contributed by atoms with van der Waals surface area (Å²) in [6.07, 6.45) is 3.70. The van der Waals surface area contributed by atoms with E-state index >= 15 is 0 Å². The number of benzene rings is 1. The molecule has 0 spiro atoms. The average molecular weight is 339 g/mol. The van der Waals surface area contributed by atoms with E-state index in [9.17, 15) is 14.4 Å². The Morgan fingerprint density at radius 2 is 1.76 bits per heavy atom. The highest BCUT2D eigenvalue weighted by Crippen LogP contribution is 2.17. The number of likely N-dealkylation sites (tertiary alicyclic amines) is 1. The number of carbonyl (C=O) groups excluding carboxylic acids is 3. The van der Waals surface area contributed by atoms with Crippen LogP contribution in [0.25, 0.3) is 0 Å². The van der Waals surface area contributed by atoms with Crippen molar-refractivity contribution in [1.29, 1.82) is 0 Å². The fraction of sp³-hybridized carbons (Fsp3) is 0.316. The van der Waals surface area contributed by atoms with Crippen LogP contribution in [-0.2, 0) is 7.05 Å². The van der Waals surface area contributed by atoms with Gasteiger partial charge in [-0.05, 0) is 44.0 Å². The smallest absolute Gasteiger partial charge is 0.272 e. The first-order chi connectivity index (χ1) is 12.0. The van der Waals surface area contributed by atoms with Crippen molar-refractivity contribution in [3.05, 3.63) is 53.3 Å².